The van der Waals surface area contributed by atoms with E-state index in [0.29, 0.717) is 16.8 Å². The van der Waals surface area contributed by atoms with Gasteiger partial charge in [0.05, 0.1) is 5.69 Å². The van der Waals surface area contributed by atoms with E-state index < -0.39 is 0 Å². The van der Waals surface area contributed by atoms with E-state index in [-0.39, 0.29) is 18.3 Å². The van der Waals surface area contributed by atoms with Crippen LogP contribution in [0.4, 0.5) is 4.39 Å². The minimum Gasteiger partial charge on any atom is -0.348 e. The van der Waals surface area contributed by atoms with E-state index in [1.807, 2.05) is 17.5 Å². The number of benzene rings is 1. The van der Waals surface area contributed by atoms with Crippen molar-refractivity contribution in [2.24, 2.45) is 0 Å². The largest absolute Gasteiger partial charge is 0.348 e. The van der Waals surface area contributed by atoms with E-state index in [0.717, 1.165) is 5.69 Å². The lowest BCUT2D eigenvalue weighted by Gasteiger charge is -2.06. The summed E-state index contributed by atoms with van der Waals surface area (Å²) < 4.78 is 15.3. The topological polar surface area (TPSA) is 46.4 Å². The first kappa shape index (κ1) is 13.3. The Morgan fingerprint density at radius 2 is 2.14 bits per heavy atom. The van der Waals surface area contributed by atoms with Crippen molar-refractivity contribution >= 4 is 11.6 Å². The van der Waals surface area contributed by atoms with E-state index in [9.17, 15) is 9.18 Å². The first-order chi connectivity index (χ1) is 10.1. The maximum Gasteiger partial charge on any atom is 0.251 e. The minimum absolute atomic E-state index is 0.157. The Morgan fingerprint density at radius 3 is 2.95 bits per heavy atom. The van der Waals surface area contributed by atoms with Gasteiger partial charge in [-0.15, -0.1) is 0 Å². The highest BCUT2D eigenvalue weighted by atomic mass is 19.1. The Kier molecular flexibility index (Phi) is 3.39. The summed E-state index contributed by atoms with van der Waals surface area (Å²) in [5.74, 6) is -0.571. The first-order valence-electron chi connectivity index (χ1n) is 6.60. The highest BCUT2D eigenvalue weighted by Gasteiger charge is 2.08. The average molecular weight is 283 g/mol. The number of halogens is 1. The molecule has 1 aromatic carbocycles. The molecular formula is C16H14FN3O. The van der Waals surface area contributed by atoms with Crippen molar-refractivity contribution in [2.45, 2.75) is 13.5 Å². The number of hydrogen-bond donors (Lipinski definition) is 1. The molecule has 1 amide bonds. The quantitative estimate of drug-likeness (QED) is 0.803. The zero-order valence-electron chi connectivity index (χ0n) is 11.5. The molecular weight excluding hydrogens is 269 g/mol. The van der Waals surface area contributed by atoms with Crippen molar-refractivity contribution in [1.82, 2.24) is 14.7 Å². The molecule has 2 aromatic heterocycles. The number of nitrogens with one attached hydrogen (secondary N) is 1. The molecule has 0 aliphatic carbocycles. The molecule has 0 fully saturated rings. The molecule has 0 bridgehead atoms. The van der Waals surface area contributed by atoms with Crippen LogP contribution in [0.5, 0.6) is 0 Å². The summed E-state index contributed by atoms with van der Waals surface area (Å²) in [5.41, 5.74) is 2.57. The maximum absolute atomic E-state index is 13.5. The predicted octanol–water partition coefficient (Wildman–Crippen LogP) is 2.71. The first-order valence-corrected chi connectivity index (χ1v) is 6.60. The molecule has 2 heterocycles. The average Bonchev–Trinajstić information content (AvgIpc) is 2.85. The number of hydrogen-bond acceptors (Lipinski definition) is 2. The molecule has 5 heteroatoms. The van der Waals surface area contributed by atoms with Gasteiger partial charge in [-0.25, -0.2) is 9.37 Å². The number of aromatic nitrogens is 2. The van der Waals surface area contributed by atoms with Crippen LogP contribution in [0.2, 0.25) is 0 Å². The van der Waals surface area contributed by atoms with Crippen LogP contribution in [-0.4, -0.2) is 15.3 Å². The lowest BCUT2D eigenvalue weighted by Crippen LogP contribution is -2.23. The number of carbonyl (C=O) groups excluding carboxylic acids is 1. The lowest BCUT2D eigenvalue weighted by molar-refractivity contribution is 0.0950. The summed E-state index contributed by atoms with van der Waals surface area (Å²) in [6, 6.07) is 9.81. The highest BCUT2D eigenvalue weighted by molar-refractivity contribution is 5.94. The van der Waals surface area contributed by atoms with Crippen LogP contribution in [-0.2, 0) is 6.54 Å². The number of amides is 1. The highest BCUT2D eigenvalue weighted by Crippen LogP contribution is 2.09. The standard InChI is InChI=1S/C16H14FN3O/c1-11-10-20-7-6-12(8-15(20)19-11)16(21)18-9-13-4-2-3-5-14(13)17/h2-8,10H,9H2,1H3,(H,18,21). The number of carbonyl (C=O) groups is 1. The maximum atomic E-state index is 13.5. The summed E-state index contributed by atoms with van der Waals surface area (Å²) in [6.45, 7) is 2.05. The molecule has 21 heavy (non-hydrogen) atoms. The van der Waals surface area contributed by atoms with E-state index in [1.54, 1.807) is 36.5 Å². The second-order valence-electron chi connectivity index (χ2n) is 4.84. The normalized spacial score (nSPS) is 10.8. The van der Waals surface area contributed by atoms with Crippen LogP contribution in [0.25, 0.3) is 5.65 Å². The molecule has 0 atom stereocenters. The zero-order valence-corrected chi connectivity index (χ0v) is 11.5. The third-order valence-electron chi connectivity index (χ3n) is 3.24. The van der Waals surface area contributed by atoms with Crippen LogP contribution in [0, 0.1) is 12.7 Å². The number of rotatable bonds is 3. The molecule has 0 aliphatic rings. The van der Waals surface area contributed by atoms with Crippen LogP contribution in [0.3, 0.4) is 0 Å². The molecule has 3 aromatic rings. The van der Waals surface area contributed by atoms with Gasteiger partial charge in [0.2, 0.25) is 0 Å². The lowest BCUT2D eigenvalue weighted by atomic mass is 10.2. The number of imidazole rings is 1. The zero-order chi connectivity index (χ0) is 14.8. The van der Waals surface area contributed by atoms with E-state index in [4.69, 9.17) is 0 Å². The van der Waals surface area contributed by atoms with Gasteiger partial charge in [-0.3, -0.25) is 4.79 Å². The van der Waals surface area contributed by atoms with Gasteiger partial charge < -0.3 is 9.72 Å². The fraction of sp³-hybridized carbons (Fsp3) is 0.125. The van der Waals surface area contributed by atoms with Gasteiger partial charge in [0, 0.05) is 30.1 Å². The molecule has 0 unspecified atom stereocenters. The van der Waals surface area contributed by atoms with E-state index in [2.05, 4.69) is 10.3 Å². The summed E-state index contributed by atoms with van der Waals surface area (Å²) >= 11 is 0. The van der Waals surface area contributed by atoms with Gasteiger partial charge in [0.1, 0.15) is 11.5 Å². The van der Waals surface area contributed by atoms with E-state index in [1.165, 1.54) is 6.07 Å². The molecule has 106 valence electrons. The summed E-state index contributed by atoms with van der Waals surface area (Å²) in [5, 5.41) is 2.71. The number of pyridine rings is 1. The van der Waals surface area contributed by atoms with E-state index >= 15 is 0 Å². The van der Waals surface area contributed by atoms with Crippen LogP contribution in [0.15, 0.2) is 48.8 Å². The van der Waals surface area contributed by atoms with Crippen molar-refractivity contribution < 1.29 is 9.18 Å². The van der Waals surface area contributed by atoms with Crippen molar-refractivity contribution in [2.75, 3.05) is 0 Å². The van der Waals surface area contributed by atoms with Crippen molar-refractivity contribution in [1.29, 1.82) is 0 Å². The smallest absolute Gasteiger partial charge is 0.251 e. The monoisotopic (exact) mass is 283 g/mol. The van der Waals surface area contributed by atoms with Crippen molar-refractivity contribution in [3.05, 3.63) is 71.4 Å². The Balaban J connectivity index is 1.76. The third kappa shape index (κ3) is 2.76. The molecule has 0 saturated heterocycles. The Morgan fingerprint density at radius 1 is 1.33 bits per heavy atom. The van der Waals surface area contributed by atoms with Gasteiger partial charge in [-0.05, 0) is 25.1 Å². The summed E-state index contributed by atoms with van der Waals surface area (Å²) in [6.07, 6.45) is 3.67. The molecule has 1 N–H and O–H groups in total. The van der Waals surface area contributed by atoms with Crippen molar-refractivity contribution in [3.8, 4) is 0 Å². The molecule has 4 nitrogen and oxygen atoms in total. The Hall–Kier alpha value is -2.69. The van der Waals surface area contributed by atoms with Gasteiger partial charge in [-0.2, -0.15) is 0 Å². The van der Waals surface area contributed by atoms with Gasteiger partial charge in [0.25, 0.3) is 5.91 Å². The molecule has 0 aliphatic heterocycles. The Bertz CT molecular complexity index is 810. The van der Waals surface area contributed by atoms with Gasteiger partial charge in [0.15, 0.2) is 0 Å². The molecule has 0 spiro atoms. The summed E-state index contributed by atoms with van der Waals surface area (Å²) in [4.78, 5) is 16.4. The van der Waals surface area contributed by atoms with Gasteiger partial charge in [-0.1, -0.05) is 18.2 Å². The van der Waals surface area contributed by atoms with Crippen LogP contribution >= 0.6 is 0 Å². The second-order valence-corrected chi connectivity index (χ2v) is 4.84. The van der Waals surface area contributed by atoms with Crippen LogP contribution < -0.4 is 5.32 Å². The van der Waals surface area contributed by atoms with Crippen LogP contribution in [0.1, 0.15) is 21.6 Å². The number of nitrogens with zero attached hydrogens (tertiary/aromatic N) is 2. The second kappa shape index (κ2) is 5.36. The number of aryl methyl sites for hydroxylation is 1. The fourth-order valence-electron chi connectivity index (χ4n) is 2.17. The SMILES string of the molecule is Cc1cn2ccc(C(=O)NCc3ccccc3F)cc2n1. The molecule has 3 rings (SSSR count). The number of fused-ring (bicyclic) bond motifs is 1. The fourth-order valence-corrected chi connectivity index (χ4v) is 2.17. The molecule has 0 radical (unpaired) electrons. The Labute approximate surface area is 121 Å². The van der Waals surface area contributed by atoms with Crippen molar-refractivity contribution in [3.63, 3.8) is 0 Å². The van der Waals surface area contributed by atoms with Gasteiger partial charge >= 0.3 is 0 Å². The predicted molar refractivity (Wildman–Crippen MR) is 77.5 cm³/mol. The molecule has 0 saturated carbocycles. The summed E-state index contributed by atoms with van der Waals surface area (Å²) in [7, 11) is 0. The third-order valence-corrected chi connectivity index (χ3v) is 3.24. The minimum atomic E-state index is -0.322.